The van der Waals surface area contributed by atoms with E-state index >= 15 is 0 Å². The van der Waals surface area contributed by atoms with Crippen LogP contribution in [0.25, 0.3) is 0 Å². The largest absolute Gasteiger partial charge is 0.428 e. The quantitative estimate of drug-likeness (QED) is 0.806. The smallest absolute Gasteiger partial charge is 0.370 e. The second-order valence-electron chi connectivity index (χ2n) is 4.58. The number of fused-ring (bicyclic) bond motifs is 1. The Morgan fingerprint density at radius 3 is 2.30 bits per heavy atom. The molecular formula is C12H11F6NO. The Morgan fingerprint density at radius 2 is 1.75 bits per heavy atom. The Kier molecular flexibility index (Phi) is 3.72. The van der Waals surface area contributed by atoms with Crippen molar-refractivity contribution in [3.63, 3.8) is 0 Å². The second-order valence-corrected chi connectivity index (χ2v) is 4.58. The molecule has 1 aromatic carbocycles. The van der Waals surface area contributed by atoms with Gasteiger partial charge in [-0.2, -0.15) is 26.3 Å². The third-order valence-electron chi connectivity index (χ3n) is 3.25. The molecule has 0 saturated heterocycles. The van der Waals surface area contributed by atoms with Crippen LogP contribution in [0.2, 0.25) is 0 Å². The van der Waals surface area contributed by atoms with Crippen LogP contribution in [0.3, 0.4) is 0 Å². The summed E-state index contributed by atoms with van der Waals surface area (Å²) in [5, 5.41) is 9.15. The molecule has 8 heteroatoms. The molecule has 0 bridgehead atoms. The molecule has 0 aliphatic carbocycles. The number of rotatable bonds is 1. The van der Waals surface area contributed by atoms with E-state index in [0.29, 0.717) is 10.5 Å². The van der Waals surface area contributed by atoms with E-state index in [2.05, 4.69) is 0 Å². The molecule has 1 unspecified atom stereocenters. The molecule has 0 saturated carbocycles. The molecule has 0 spiro atoms. The van der Waals surface area contributed by atoms with Crippen LogP contribution in [-0.4, -0.2) is 29.0 Å². The number of hydrogen-bond acceptors (Lipinski definition) is 2. The summed E-state index contributed by atoms with van der Waals surface area (Å²) >= 11 is 0. The van der Waals surface area contributed by atoms with E-state index in [1.807, 2.05) is 0 Å². The van der Waals surface area contributed by atoms with Gasteiger partial charge in [0.1, 0.15) is 0 Å². The highest BCUT2D eigenvalue weighted by Gasteiger charge is 2.44. The maximum Gasteiger partial charge on any atom is 0.428 e. The predicted octanol–water partition coefficient (Wildman–Crippen LogP) is 2.94. The Hall–Kier alpha value is -1.28. The summed E-state index contributed by atoms with van der Waals surface area (Å²) in [7, 11) is 0. The van der Waals surface area contributed by atoms with Gasteiger partial charge in [0, 0.05) is 13.1 Å². The highest BCUT2D eigenvalue weighted by molar-refractivity contribution is 5.38. The molecular weight excluding hydrogens is 288 g/mol. The van der Waals surface area contributed by atoms with Gasteiger partial charge in [-0.15, -0.1) is 0 Å². The number of aliphatic hydroxyl groups is 1. The molecule has 0 fully saturated rings. The average Bonchev–Trinajstić information content (AvgIpc) is 2.34. The second kappa shape index (κ2) is 4.92. The summed E-state index contributed by atoms with van der Waals surface area (Å²) in [4.78, 5) is 0.595. The minimum Gasteiger partial charge on any atom is -0.370 e. The Balaban J connectivity index is 2.34. The van der Waals surface area contributed by atoms with Gasteiger partial charge in [0.25, 0.3) is 0 Å². The van der Waals surface area contributed by atoms with E-state index in [9.17, 15) is 26.3 Å². The lowest BCUT2D eigenvalue weighted by molar-refractivity contribution is -0.252. The highest BCUT2D eigenvalue weighted by Crippen LogP contribution is 2.36. The zero-order chi connectivity index (χ0) is 15.1. The van der Waals surface area contributed by atoms with Gasteiger partial charge in [-0.3, -0.25) is 4.90 Å². The van der Waals surface area contributed by atoms with Crippen molar-refractivity contribution >= 4 is 0 Å². The van der Waals surface area contributed by atoms with E-state index in [-0.39, 0.29) is 18.5 Å². The molecule has 1 aliphatic rings. The summed E-state index contributed by atoms with van der Waals surface area (Å²) < 4.78 is 75.8. The first kappa shape index (κ1) is 15.1. The molecule has 0 radical (unpaired) electrons. The fourth-order valence-electron chi connectivity index (χ4n) is 2.28. The van der Waals surface area contributed by atoms with Crippen molar-refractivity contribution in [2.75, 3.05) is 6.54 Å². The average molecular weight is 299 g/mol. The molecule has 0 aromatic heterocycles. The summed E-state index contributed by atoms with van der Waals surface area (Å²) in [6.07, 6.45) is -12.2. The van der Waals surface area contributed by atoms with Crippen molar-refractivity contribution in [1.29, 1.82) is 0 Å². The van der Waals surface area contributed by atoms with Gasteiger partial charge in [0.15, 0.2) is 0 Å². The number of alkyl halides is 6. The molecule has 2 nitrogen and oxygen atoms in total. The van der Waals surface area contributed by atoms with Crippen LogP contribution in [0.4, 0.5) is 26.3 Å². The lowest BCUT2D eigenvalue weighted by Crippen LogP contribution is -2.48. The van der Waals surface area contributed by atoms with Gasteiger partial charge >= 0.3 is 12.4 Å². The minimum absolute atomic E-state index is 0.0341. The van der Waals surface area contributed by atoms with Crippen LogP contribution in [0.1, 0.15) is 16.7 Å². The minimum atomic E-state index is -4.88. The molecule has 1 N–H and O–H groups in total. The van der Waals surface area contributed by atoms with Gasteiger partial charge in [0.05, 0.1) is 5.56 Å². The fourth-order valence-corrected chi connectivity index (χ4v) is 2.28. The fraction of sp³-hybridized carbons (Fsp3) is 0.500. The van der Waals surface area contributed by atoms with Crippen molar-refractivity contribution in [3.05, 3.63) is 34.9 Å². The maximum absolute atomic E-state index is 12.8. The van der Waals surface area contributed by atoms with Gasteiger partial charge < -0.3 is 5.11 Å². The maximum atomic E-state index is 12.8. The van der Waals surface area contributed by atoms with Crippen LogP contribution in [0.5, 0.6) is 0 Å². The number of benzene rings is 1. The van der Waals surface area contributed by atoms with Crippen LogP contribution >= 0.6 is 0 Å². The van der Waals surface area contributed by atoms with Crippen LogP contribution < -0.4 is 0 Å². The molecule has 1 atom stereocenters. The van der Waals surface area contributed by atoms with Crippen molar-refractivity contribution < 1.29 is 31.4 Å². The van der Waals surface area contributed by atoms with E-state index in [0.717, 1.165) is 6.07 Å². The van der Waals surface area contributed by atoms with E-state index in [1.165, 1.54) is 12.1 Å². The number of nitrogens with zero attached hydrogens (tertiary/aromatic N) is 1. The normalized spacial score (nSPS) is 18.8. The van der Waals surface area contributed by atoms with Gasteiger partial charge in [0.2, 0.25) is 6.23 Å². The lowest BCUT2D eigenvalue weighted by atomic mass is 9.94. The predicted molar refractivity (Wildman–Crippen MR) is 57.6 cm³/mol. The number of halogens is 6. The first-order valence-electron chi connectivity index (χ1n) is 5.77. The van der Waals surface area contributed by atoms with E-state index in [1.54, 1.807) is 0 Å². The van der Waals surface area contributed by atoms with Crippen molar-refractivity contribution in [2.24, 2.45) is 0 Å². The zero-order valence-electron chi connectivity index (χ0n) is 10.1. The summed E-state index contributed by atoms with van der Waals surface area (Å²) in [6.45, 7) is -0.722. The molecule has 1 aromatic rings. The molecule has 20 heavy (non-hydrogen) atoms. The van der Waals surface area contributed by atoms with Crippen LogP contribution in [0, 0.1) is 0 Å². The van der Waals surface area contributed by atoms with E-state index < -0.39 is 30.7 Å². The summed E-state index contributed by atoms with van der Waals surface area (Å²) in [5.41, 5.74) is -0.783. The standard InChI is InChI=1S/C12H11F6NO/c13-11(14,15)9-3-1-2-7-4-5-19(6-8(7)9)10(20)12(16,17)18/h1-3,10,20H,4-6H2. The Labute approximate surface area is 110 Å². The van der Waals surface area contributed by atoms with Crippen LogP contribution in [0.15, 0.2) is 18.2 Å². The first-order chi connectivity index (χ1) is 9.10. The van der Waals surface area contributed by atoms with Gasteiger partial charge in [-0.25, -0.2) is 0 Å². The van der Waals surface area contributed by atoms with Crippen molar-refractivity contribution in [2.45, 2.75) is 31.5 Å². The first-order valence-corrected chi connectivity index (χ1v) is 5.77. The molecule has 2 rings (SSSR count). The third kappa shape index (κ3) is 2.90. The Morgan fingerprint density at radius 1 is 1.10 bits per heavy atom. The van der Waals surface area contributed by atoms with Crippen molar-refractivity contribution in [3.8, 4) is 0 Å². The SMILES string of the molecule is OC(N1CCc2cccc(C(F)(F)F)c2C1)C(F)(F)F. The van der Waals surface area contributed by atoms with Gasteiger partial charge in [-0.05, 0) is 23.6 Å². The molecule has 112 valence electrons. The lowest BCUT2D eigenvalue weighted by Gasteiger charge is -2.34. The van der Waals surface area contributed by atoms with E-state index in [4.69, 9.17) is 5.11 Å². The molecule has 1 heterocycles. The zero-order valence-corrected chi connectivity index (χ0v) is 10.1. The van der Waals surface area contributed by atoms with Crippen LogP contribution in [-0.2, 0) is 19.1 Å². The summed E-state index contributed by atoms with van der Waals surface area (Å²) in [5.74, 6) is 0. The number of aliphatic hydroxyl groups excluding tert-OH is 1. The number of hydrogen-bond donors (Lipinski definition) is 1. The summed E-state index contributed by atoms with van der Waals surface area (Å²) in [6, 6.07) is 3.53. The third-order valence-corrected chi connectivity index (χ3v) is 3.25. The van der Waals surface area contributed by atoms with Crippen molar-refractivity contribution in [1.82, 2.24) is 4.90 Å². The topological polar surface area (TPSA) is 23.5 Å². The highest BCUT2D eigenvalue weighted by atomic mass is 19.4. The monoisotopic (exact) mass is 299 g/mol. The molecule has 1 aliphatic heterocycles. The molecule has 0 amide bonds. The van der Waals surface area contributed by atoms with Gasteiger partial charge in [-0.1, -0.05) is 12.1 Å². The Bertz CT molecular complexity index is 496.